The second-order valence-corrected chi connectivity index (χ2v) is 9.57. The standard InChI is InChI=1S/C28H27N3O6S/c1-36-22-13-8-18(16-23(22)37-2)14-15-31-25(32)17-24(38-28(31)30-20-6-4-3-5-7-20)26(33)29-21-11-9-19(10-12-21)27(34)35/h3-13,16,24H,14-15,17H2,1-2H3,(H,29,33)(H,34,35)/t24-/m0/s1. The maximum absolute atomic E-state index is 13.3. The molecule has 0 aromatic heterocycles. The Morgan fingerprint density at radius 3 is 2.39 bits per heavy atom. The van der Waals surface area contributed by atoms with Gasteiger partial charge in [-0.05, 0) is 60.5 Å². The van der Waals surface area contributed by atoms with E-state index in [1.54, 1.807) is 19.1 Å². The van der Waals surface area contributed by atoms with Gasteiger partial charge in [-0.3, -0.25) is 14.5 Å². The maximum atomic E-state index is 13.3. The van der Waals surface area contributed by atoms with Crippen molar-refractivity contribution >= 4 is 46.1 Å². The lowest BCUT2D eigenvalue weighted by Crippen LogP contribution is -2.46. The zero-order chi connectivity index (χ0) is 27.1. The molecule has 1 heterocycles. The number of benzene rings is 3. The highest BCUT2D eigenvalue weighted by Crippen LogP contribution is 2.31. The predicted molar refractivity (Wildman–Crippen MR) is 147 cm³/mol. The van der Waals surface area contributed by atoms with Gasteiger partial charge < -0.3 is 19.9 Å². The summed E-state index contributed by atoms with van der Waals surface area (Å²) < 4.78 is 10.7. The lowest BCUT2D eigenvalue weighted by molar-refractivity contribution is -0.129. The Kier molecular flexibility index (Phi) is 8.65. The lowest BCUT2D eigenvalue weighted by atomic mass is 10.1. The van der Waals surface area contributed by atoms with E-state index in [4.69, 9.17) is 14.6 Å². The number of ether oxygens (including phenoxy) is 2. The lowest BCUT2D eigenvalue weighted by Gasteiger charge is -2.32. The molecule has 4 rings (SSSR count). The number of carboxylic acids is 1. The zero-order valence-corrected chi connectivity index (χ0v) is 21.7. The van der Waals surface area contributed by atoms with E-state index in [1.807, 2.05) is 48.5 Å². The number of aliphatic imine (C=N–C) groups is 1. The van der Waals surface area contributed by atoms with Crippen LogP contribution in [0.25, 0.3) is 0 Å². The Bertz CT molecular complexity index is 1340. The highest BCUT2D eigenvalue weighted by Gasteiger charge is 2.35. The Hall–Kier alpha value is -4.31. The second-order valence-electron chi connectivity index (χ2n) is 8.40. The molecule has 38 heavy (non-hydrogen) atoms. The van der Waals surface area contributed by atoms with Gasteiger partial charge in [0.1, 0.15) is 5.25 Å². The normalized spacial score (nSPS) is 16.3. The fourth-order valence-electron chi connectivity index (χ4n) is 3.87. The third-order valence-corrected chi connectivity index (χ3v) is 7.07. The first-order valence-electron chi connectivity index (χ1n) is 11.8. The van der Waals surface area contributed by atoms with Gasteiger partial charge in [0, 0.05) is 18.7 Å². The van der Waals surface area contributed by atoms with Crippen molar-refractivity contribution in [2.24, 2.45) is 4.99 Å². The van der Waals surface area contributed by atoms with Crippen molar-refractivity contribution in [2.45, 2.75) is 18.1 Å². The molecule has 9 nitrogen and oxygen atoms in total. The molecule has 3 aromatic carbocycles. The van der Waals surface area contributed by atoms with Crippen LogP contribution in [0.3, 0.4) is 0 Å². The Morgan fingerprint density at radius 1 is 1.03 bits per heavy atom. The highest BCUT2D eigenvalue weighted by molar-refractivity contribution is 8.15. The average Bonchev–Trinajstić information content (AvgIpc) is 2.93. The molecule has 0 bridgehead atoms. The van der Waals surface area contributed by atoms with Crippen LogP contribution in [-0.4, -0.2) is 59.0 Å². The van der Waals surface area contributed by atoms with Gasteiger partial charge in [-0.25, -0.2) is 9.79 Å². The summed E-state index contributed by atoms with van der Waals surface area (Å²) in [7, 11) is 3.15. The number of carboxylic acid groups (broad SMARTS) is 1. The van der Waals surface area contributed by atoms with Crippen LogP contribution >= 0.6 is 11.8 Å². The summed E-state index contributed by atoms with van der Waals surface area (Å²) in [6.07, 6.45) is 0.552. The number of para-hydroxylation sites is 1. The topological polar surface area (TPSA) is 118 Å². The first-order chi connectivity index (χ1) is 18.4. The summed E-state index contributed by atoms with van der Waals surface area (Å²) in [6, 6.07) is 20.7. The molecule has 1 aliphatic rings. The first-order valence-corrected chi connectivity index (χ1v) is 12.7. The minimum atomic E-state index is -1.05. The van der Waals surface area contributed by atoms with Crippen LogP contribution in [-0.2, 0) is 16.0 Å². The predicted octanol–water partition coefficient (Wildman–Crippen LogP) is 4.61. The van der Waals surface area contributed by atoms with Crippen molar-refractivity contribution < 1.29 is 29.0 Å². The fraction of sp³-hybridized carbons (Fsp3) is 0.214. The Morgan fingerprint density at radius 2 is 1.74 bits per heavy atom. The summed E-state index contributed by atoms with van der Waals surface area (Å²) in [5.74, 6) is -0.382. The van der Waals surface area contributed by atoms with E-state index in [-0.39, 0.29) is 23.8 Å². The summed E-state index contributed by atoms with van der Waals surface area (Å²) in [4.78, 5) is 43.7. The zero-order valence-electron chi connectivity index (χ0n) is 20.9. The average molecular weight is 534 g/mol. The number of carbonyl (C=O) groups excluding carboxylic acids is 2. The molecule has 0 aliphatic carbocycles. The van der Waals surface area contributed by atoms with E-state index in [0.29, 0.717) is 41.0 Å². The summed E-state index contributed by atoms with van der Waals surface area (Å²) in [5.41, 5.74) is 2.20. The van der Waals surface area contributed by atoms with Crippen molar-refractivity contribution in [3.05, 3.63) is 83.9 Å². The van der Waals surface area contributed by atoms with Gasteiger partial charge in [-0.1, -0.05) is 36.0 Å². The molecule has 0 spiro atoms. The van der Waals surface area contributed by atoms with E-state index in [0.717, 1.165) is 5.56 Å². The van der Waals surface area contributed by atoms with Gasteiger partial charge in [-0.2, -0.15) is 0 Å². The van der Waals surface area contributed by atoms with Crippen molar-refractivity contribution in [3.63, 3.8) is 0 Å². The largest absolute Gasteiger partial charge is 0.493 e. The van der Waals surface area contributed by atoms with Crippen LogP contribution in [0.15, 0.2) is 77.8 Å². The molecule has 1 fully saturated rings. The summed E-state index contributed by atoms with van der Waals surface area (Å²) in [5, 5.41) is 11.6. The molecule has 10 heteroatoms. The van der Waals surface area contributed by atoms with Crippen LogP contribution < -0.4 is 14.8 Å². The molecule has 0 radical (unpaired) electrons. The van der Waals surface area contributed by atoms with Crippen molar-refractivity contribution in [2.75, 3.05) is 26.1 Å². The number of methoxy groups -OCH3 is 2. The Balaban J connectivity index is 1.52. The van der Waals surface area contributed by atoms with Crippen molar-refractivity contribution in [1.29, 1.82) is 0 Å². The number of carbonyl (C=O) groups is 3. The molecule has 1 aliphatic heterocycles. The number of rotatable bonds is 9. The number of amides is 2. The minimum absolute atomic E-state index is 0.00343. The summed E-state index contributed by atoms with van der Waals surface area (Å²) in [6.45, 7) is 0.373. The van der Waals surface area contributed by atoms with E-state index in [9.17, 15) is 14.4 Å². The molecule has 1 atom stereocenters. The second kappa shape index (κ2) is 12.3. The monoisotopic (exact) mass is 533 g/mol. The number of nitrogens with one attached hydrogen (secondary N) is 1. The number of amidine groups is 1. The van der Waals surface area contributed by atoms with Crippen molar-refractivity contribution in [1.82, 2.24) is 4.90 Å². The van der Waals surface area contributed by atoms with Crippen LogP contribution in [0.4, 0.5) is 11.4 Å². The third-order valence-electron chi connectivity index (χ3n) is 5.88. The van der Waals surface area contributed by atoms with Crippen LogP contribution in [0.2, 0.25) is 0 Å². The van der Waals surface area contributed by atoms with Crippen molar-refractivity contribution in [3.8, 4) is 11.5 Å². The molecule has 3 aromatic rings. The highest BCUT2D eigenvalue weighted by atomic mass is 32.2. The van der Waals surface area contributed by atoms with Gasteiger partial charge in [0.2, 0.25) is 11.8 Å². The van der Waals surface area contributed by atoms with Gasteiger partial charge in [0.25, 0.3) is 0 Å². The molecule has 0 saturated carbocycles. The van der Waals surface area contributed by atoms with Crippen LogP contribution in [0.1, 0.15) is 22.3 Å². The molecule has 2 amide bonds. The fourth-order valence-corrected chi connectivity index (χ4v) is 4.99. The number of hydrogen-bond acceptors (Lipinski definition) is 7. The van der Waals surface area contributed by atoms with Gasteiger partial charge in [0.05, 0.1) is 25.5 Å². The number of anilines is 1. The maximum Gasteiger partial charge on any atom is 0.335 e. The van der Waals surface area contributed by atoms with Gasteiger partial charge >= 0.3 is 5.97 Å². The number of hydrogen-bond donors (Lipinski definition) is 2. The summed E-state index contributed by atoms with van der Waals surface area (Å²) >= 11 is 1.23. The molecular formula is C28H27N3O6S. The quantitative estimate of drug-likeness (QED) is 0.413. The smallest absolute Gasteiger partial charge is 0.335 e. The third kappa shape index (κ3) is 6.51. The van der Waals surface area contributed by atoms with E-state index >= 15 is 0 Å². The minimum Gasteiger partial charge on any atom is -0.493 e. The Labute approximate surface area is 224 Å². The molecule has 196 valence electrons. The first kappa shape index (κ1) is 26.7. The molecular weight excluding hydrogens is 506 g/mol. The molecule has 1 saturated heterocycles. The van der Waals surface area contributed by atoms with E-state index in [1.165, 1.54) is 36.0 Å². The van der Waals surface area contributed by atoms with Gasteiger partial charge in [-0.15, -0.1) is 0 Å². The van der Waals surface area contributed by atoms with Gasteiger partial charge in [0.15, 0.2) is 16.7 Å². The number of aromatic carboxylic acids is 1. The van der Waals surface area contributed by atoms with Crippen LogP contribution in [0, 0.1) is 0 Å². The van der Waals surface area contributed by atoms with E-state index < -0.39 is 11.2 Å². The molecule has 0 unspecified atom stereocenters. The SMILES string of the molecule is COc1ccc(CCN2C(=O)C[C@@H](C(=O)Nc3ccc(C(=O)O)cc3)SC2=Nc2ccccc2)cc1OC. The van der Waals surface area contributed by atoms with E-state index in [2.05, 4.69) is 10.3 Å². The van der Waals surface area contributed by atoms with Crippen LogP contribution in [0.5, 0.6) is 11.5 Å². The number of nitrogens with zero attached hydrogens (tertiary/aromatic N) is 2. The molecule has 2 N–H and O–H groups in total. The number of thioether (sulfide) groups is 1.